The zero-order valence-electron chi connectivity index (χ0n) is 10.8. The topological polar surface area (TPSA) is 25.2 Å². The largest absolute Gasteiger partial charge is 0.472 e. The van der Waals surface area contributed by atoms with Crippen molar-refractivity contribution < 1.29 is 4.42 Å². The van der Waals surface area contributed by atoms with E-state index in [0.717, 1.165) is 12.3 Å². The lowest BCUT2D eigenvalue weighted by molar-refractivity contribution is 0.548. The molecular formula is C15H19NOS. The third-order valence-electron chi connectivity index (χ3n) is 2.90. The third-order valence-corrected chi connectivity index (χ3v) is 4.16. The van der Waals surface area contributed by atoms with Crippen molar-refractivity contribution in [2.24, 2.45) is 0 Å². The van der Waals surface area contributed by atoms with E-state index in [9.17, 15) is 0 Å². The fourth-order valence-electron chi connectivity index (χ4n) is 1.88. The molecule has 0 spiro atoms. The monoisotopic (exact) mass is 261 g/mol. The van der Waals surface area contributed by atoms with E-state index in [0.29, 0.717) is 6.04 Å². The van der Waals surface area contributed by atoms with Gasteiger partial charge in [0.25, 0.3) is 0 Å². The average Bonchev–Trinajstić information content (AvgIpc) is 2.90. The van der Waals surface area contributed by atoms with Crippen LogP contribution in [0.2, 0.25) is 0 Å². The van der Waals surface area contributed by atoms with E-state index in [1.54, 1.807) is 6.26 Å². The zero-order chi connectivity index (χ0) is 12.8. The minimum atomic E-state index is 0.346. The Morgan fingerprint density at radius 2 is 2.11 bits per heavy atom. The van der Waals surface area contributed by atoms with Gasteiger partial charge in [0.15, 0.2) is 0 Å². The Morgan fingerprint density at radius 1 is 1.28 bits per heavy atom. The first-order valence-corrected chi connectivity index (χ1v) is 7.23. The Kier molecular flexibility index (Phi) is 4.90. The van der Waals surface area contributed by atoms with Gasteiger partial charge in [-0.25, -0.2) is 0 Å². The summed E-state index contributed by atoms with van der Waals surface area (Å²) in [5, 5.41) is 3.49. The van der Waals surface area contributed by atoms with Gasteiger partial charge in [-0.05, 0) is 31.2 Å². The molecule has 2 rings (SSSR count). The highest BCUT2D eigenvalue weighted by atomic mass is 32.2. The summed E-state index contributed by atoms with van der Waals surface area (Å²) in [6, 6.07) is 10.9. The highest BCUT2D eigenvalue weighted by molar-refractivity contribution is 7.99. The van der Waals surface area contributed by atoms with Gasteiger partial charge in [-0.2, -0.15) is 0 Å². The van der Waals surface area contributed by atoms with Gasteiger partial charge in [0.2, 0.25) is 0 Å². The molecule has 1 N–H and O–H groups in total. The quantitative estimate of drug-likeness (QED) is 0.795. The van der Waals surface area contributed by atoms with Gasteiger partial charge in [-0.15, -0.1) is 11.8 Å². The van der Waals surface area contributed by atoms with Crippen molar-refractivity contribution in [2.75, 3.05) is 12.3 Å². The highest BCUT2D eigenvalue weighted by Crippen LogP contribution is 2.27. The maximum absolute atomic E-state index is 5.17. The van der Waals surface area contributed by atoms with Crippen LogP contribution in [0.3, 0.4) is 0 Å². The SMILES string of the molecule is CCNC(CSc1ccccc1C)c1ccoc1. The van der Waals surface area contributed by atoms with E-state index in [2.05, 4.69) is 43.4 Å². The lowest BCUT2D eigenvalue weighted by Gasteiger charge is -2.16. The summed E-state index contributed by atoms with van der Waals surface area (Å²) >= 11 is 1.89. The normalized spacial score (nSPS) is 12.6. The van der Waals surface area contributed by atoms with Crippen molar-refractivity contribution >= 4 is 11.8 Å². The Hall–Kier alpha value is -1.19. The van der Waals surface area contributed by atoms with E-state index in [1.807, 2.05) is 24.1 Å². The van der Waals surface area contributed by atoms with Gasteiger partial charge < -0.3 is 9.73 Å². The van der Waals surface area contributed by atoms with Crippen LogP contribution in [0.25, 0.3) is 0 Å². The molecule has 1 heterocycles. The Bertz CT molecular complexity index is 467. The number of aryl methyl sites for hydroxylation is 1. The van der Waals surface area contributed by atoms with Crippen LogP contribution in [0, 0.1) is 6.92 Å². The predicted octanol–water partition coefficient (Wildman–Crippen LogP) is 4.03. The molecule has 0 aliphatic rings. The lowest BCUT2D eigenvalue weighted by Crippen LogP contribution is -2.22. The summed E-state index contributed by atoms with van der Waals surface area (Å²) in [6.07, 6.45) is 3.56. The second-order valence-electron chi connectivity index (χ2n) is 4.24. The number of thioether (sulfide) groups is 1. The summed E-state index contributed by atoms with van der Waals surface area (Å²) in [7, 11) is 0. The fraction of sp³-hybridized carbons (Fsp3) is 0.333. The number of hydrogen-bond donors (Lipinski definition) is 1. The van der Waals surface area contributed by atoms with Crippen LogP contribution in [0.15, 0.2) is 52.2 Å². The number of nitrogens with one attached hydrogen (secondary N) is 1. The first kappa shape index (κ1) is 13.2. The summed E-state index contributed by atoms with van der Waals surface area (Å²) in [5.74, 6) is 1.01. The first-order chi connectivity index (χ1) is 8.81. The van der Waals surface area contributed by atoms with Crippen LogP contribution in [-0.2, 0) is 0 Å². The zero-order valence-corrected chi connectivity index (χ0v) is 11.7. The van der Waals surface area contributed by atoms with Crippen LogP contribution in [0.4, 0.5) is 0 Å². The van der Waals surface area contributed by atoms with Crippen LogP contribution in [0.1, 0.15) is 24.1 Å². The van der Waals surface area contributed by atoms with Crippen molar-refractivity contribution in [3.63, 3.8) is 0 Å². The molecule has 0 aliphatic carbocycles. The van der Waals surface area contributed by atoms with Gasteiger partial charge in [0, 0.05) is 22.3 Å². The van der Waals surface area contributed by atoms with Gasteiger partial charge in [0.05, 0.1) is 12.5 Å². The molecule has 0 amide bonds. The fourth-order valence-corrected chi connectivity index (χ4v) is 3.01. The van der Waals surface area contributed by atoms with E-state index >= 15 is 0 Å². The highest BCUT2D eigenvalue weighted by Gasteiger charge is 2.12. The summed E-state index contributed by atoms with van der Waals surface area (Å²) in [6.45, 7) is 5.25. The molecule has 0 fully saturated rings. The second-order valence-corrected chi connectivity index (χ2v) is 5.31. The Morgan fingerprint density at radius 3 is 2.78 bits per heavy atom. The molecule has 1 aromatic carbocycles. The number of rotatable bonds is 6. The van der Waals surface area contributed by atoms with Crippen LogP contribution in [-0.4, -0.2) is 12.3 Å². The molecule has 1 atom stereocenters. The van der Waals surface area contributed by atoms with E-state index < -0.39 is 0 Å². The minimum absolute atomic E-state index is 0.346. The second kappa shape index (κ2) is 6.66. The van der Waals surface area contributed by atoms with Gasteiger partial charge >= 0.3 is 0 Å². The molecule has 0 bridgehead atoms. The first-order valence-electron chi connectivity index (χ1n) is 6.25. The molecule has 0 saturated carbocycles. The molecule has 96 valence electrons. The summed E-state index contributed by atoms with van der Waals surface area (Å²) in [5.41, 5.74) is 2.56. The minimum Gasteiger partial charge on any atom is -0.472 e. The Labute approximate surface area is 113 Å². The van der Waals surface area contributed by atoms with Gasteiger partial charge in [-0.1, -0.05) is 25.1 Å². The van der Waals surface area contributed by atoms with Gasteiger partial charge in [0.1, 0.15) is 0 Å². The lowest BCUT2D eigenvalue weighted by atomic mass is 10.2. The van der Waals surface area contributed by atoms with E-state index in [1.165, 1.54) is 16.0 Å². The maximum Gasteiger partial charge on any atom is 0.0950 e. The molecule has 0 saturated heterocycles. The molecule has 2 aromatic rings. The van der Waals surface area contributed by atoms with Crippen molar-refractivity contribution in [3.8, 4) is 0 Å². The van der Waals surface area contributed by atoms with Crippen LogP contribution >= 0.6 is 11.8 Å². The maximum atomic E-state index is 5.17. The molecule has 2 nitrogen and oxygen atoms in total. The number of furan rings is 1. The van der Waals surface area contributed by atoms with Crippen molar-refractivity contribution in [1.29, 1.82) is 0 Å². The molecule has 18 heavy (non-hydrogen) atoms. The van der Waals surface area contributed by atoms with E-state index in [4.69, 9.17) is 4.42 Å². The van der Waals surface area contributed by atoms with Crippen molar-refractivity contribution in [3.05, 3.63) is 54.0 Å². The average molecular weight is 261 g/mol. The van der Waals surface area contributed by atoms with Crippen molar-refractivity contribution in [1.82, 2.24) is 5.32 Å². The molecule has 0 radical (unpaired) electrons. The summed E-state index contributed by atoms with van der Waals surface area (Å²) < 4.78 is 5.17. The molecular weight excluding hydrogens is 242 g/mol. The van der Waals surface area contributed by atoms with E-state index in [-0.39, 0.29) is 0 Å². The third kappa shape index (κ3) is 3.40. The molecule has 1 aromatic heterocycles. The van der Waals surface area contributed by atoms with Crippen LogP contribution in [0.5, 0.6) is 0 Å². The molecule has 3 heteroatoms. The number of benzene rings is 1. The predicted molar refractivity (Wildman–Crippen MR) is 77.0 cm³/mol. The van der Waals surface area contributed by atoms with Crippen molar-refractivity contribution in [2.45, 2.75) is 24.8 Å². The van der Waals surface area contributed by atoms with Crippen LogP contribution < -0.4 is 5.32 Å². The van der Waals surface area contributed by atoms with Gasteiger partial charge in [-0.3, -0.25) is 0 Å². The smallest absolute Gasteiger partial charge is 0.0950 e. The molecule has 0 aliphatic heterocycles. The number of hydrogen-bond acceptors (Lipinski definition) is 3. The standard InChI is InChI=1S/C15H19NOS/c1-3-16-14(13-8-9-17-10-13)11-18-15-7-5-4-6-12(15)2/h4-10,14,16H,3,11H2,1-2H3. The molecule has 1 unspecified atom stereocenters. The Balaban J connectivity index is 2.00. The summed E-state index contributed by atoms with van der Waals surface area (Å²) in [4.78, 5) is 1.35.